The maximum Gasteiger partial charge on any atom is 0.573 e. The summed E-state index contributed by atoms with van der Waals surface area (Å²) in [7, 11) is 0. The van der Waals surface area contributed by atoms with Gasteiger partial charge in [-0.25, -0.2) is 4.79 Å². The largest absolute Gasteiger partial charge is 0.573 e. The zero-order chi connectivity index (χ0) is 22.7. The molecule has 3 aromatic carbocycles. The topological polar surface area (TPSA) is 112 Å². The fraction of sp³-hybridized carbons (Fsp3) is 0.0476. The molecule has 11 heteroatoms. The number of benzene rings is 3. The van der Waals surface area contributed by atoms with E-state index in [2.05, 4.69) is 20.5 Å². The predicted molar refractivity (Wildman–Crippen MR) is 111 cm³/mol. The summed E-state index contributed by atoms with van der Waals surface area (Å²) in [6.45, 7) is 0. The highest BCUT2D eigenvalue weighted by Crippen LogP contribution is 2.34. The maximum atomic E-state index is 12.4. The maximum absolute atomic E-state index is 12.4. The number of hydrogen-bond acceptors (Lipinski definition) is 6. The molecule has 4 aromatic rings. The number of anilines is 3. The summed E-state index contributed by atoms with van der Waals surface area (Å²) in [5.74, 6) is 0.551. The molecule has 32 heavy (non-hydrogen) atoms. The molecule has 4 rings (SSSR count). The average Bonchev–Trinajstić information content (AvgIpc) is 3.09. The first-order valence-electron chi connectivity index (χ1n) is 9.12. The van der Waals surface area contributed by atoms with E-state index < -0.39 is 18.1 Å². The van der Waals surface area contributed by atoms with Crippen molar-refractivity contribution in [1.82, 2.24) is 5.16 Å². The smallest absolute Gasteiger partial charge is 0.456 e. The Labute approximate surface area is 178 Å². The number of rotatable bonds is 5. The molecule has 164 valence electrons. The van der Waals surface area contributed by atoms with Crippen molar-refractivity contribution >= 4 is 34.2 Å². The molecule has 0 fully saturated rings. The van der Waals surface area contributed by atoms with E-state index >= 15 is 0 Å². The number of nitrogens with one attached hydrogen (secondary N) is 2. The van der Waals surface area contributed by atoms with Crippen LogP contribution < -0.4 is 25.8 Å². The van der Waals surface area contributed by atoms with Crippen molar-refractivity contribution < 1.29 is 32.0 Å². The Bertz CT molecular complexity index is 1270. The Kier molecular flexibility index (Phi) is 5.46. The minimum absolute atomic E-state index is 0.117. The lowest BCUT2D eigenvalue weighted by Gasteiger charge is -2.12. The number of urea groups is 1. The normalized spacial score (nSPS) is 11.2. The van der Waals surface area contributed by atoms with E-state index in [1.165, 1.54) is 12.1 Å². The van der Waals surface area contributed by atoms with Gasteiger partial charge < -0.3 is 30.4 Å². The summed E-state index contributed by atoms with van der Waals surface area (Å²) in [4.78, 5) is 12.3. The first-order chi connectivity index (χ1) is 15.3. The molecule has 0 bridgehead atoms. The monoisotopic (exact) mass is 444 g/mol. The van der Waals surface area contributed by atoms with Crippen molar-refractivity contribution in [2.45, 2.75) is 6.36 Å². The summed E-state index contributed by atoms with van der Waals surface area (Å²) < 4.78 is 51.9. The number of fused-ring (bicyclic) bond motifs is 1. The molecule has 0 aliphatic rings. The summed E-state index contributed by atoms with van der Waals surface area (Å²) in [5, 5.41) is 9.24. The molecular weight excluding hydrogens is 429 g/mol. The van der Waals surface area contributed by atoms with Crippen molar-refractivity contribution in [1.29, 1.82) is 0 Å². The van der Waals surface area contributed by atoms with E-state index in [1.54, 1.807) is 42.5 Å². The molecule has 0 saturated carbocycles. The second-order valence-corrected chi connectivity index (χ2v) is 6.48. The SMILES string of the molecule is Nc1noc2cccc(Oc3cccc(NC(=O)Nc4cccc(OC(F)(F)F)c4)c3)c12. The van der Waals surface area contributed by atoms with Crippen LogP contribution in [-0.2, 0) is 0 Å². The van der Waals surface area contributed by atoms with Crippen molar-refractivity contribution in [3.8, 4) is 17.2 Å². The van der Waals surface area contributed by atoms with Crippen LogP contribution in [-0.4, -0.2) is 17.6 Å². The Balaban J connectivity index is 1.44. The lowest BCUT2D eigenvalue weighted by atomic mass is 10.2. The van der Waals surface area contributed by atoms with E-state index in [-0.39, 0.29) is 11.5 Å². The molecule has 0 atom stereocenters. The minimum Gasteiger partial charge on any atom is -0.456 e. The molecule has 8 nitrogen and oxygen atoms in total. The third-order valence-electron chi connectivity index (χ3n) is 4.13. The van der Waals surface area contributed by atoms with Gasteiger partial charge in [0.2, 0.25) is 0 Å². The van der Waals surface area contributed by atoms with Crippen molar-refractivity contribution in [2.24, 2.45) is 0 Å². The van der Waals surface area contributed by atoms with Crippen LogP contribution in [0, 0.1) is 0 Å². The molecule has 1 aromatic heterocycles. The number of ether oxygens (including phenoxy) is 2. The van der Waals surface area contributed by atoms with Crippen molar-refractivity contribution in [2.75, 3.05) is 16.4 Å². The number of aromatic nitrogens is 1. The van der Waals surface area contributed by atoms with Gasteiger partial charge >= 0.3 is 12.4 Å². The highest BCUT2D eigenvalue weighted by molar-refractivity contribution is 6.00. The molecule has 2 amide bonds. The third kappa shape index (κ3) is 5.01. The number of carbonyl (C=O) groups is 1. The van der Waals surface area contributed by atoms with Crippen molar-refractivity contribution in [3.05, 3.63) is 66.7 Å². The molecule has 0 unspecified atom stereocenters. The van der Waals surface area contributed by atoms with E-state index in [9.17, 15) is 18.0 Å². The van der Waals surface area contributed by atoms with Crippen LogP contribution in [0.1, 0.15) is 0 Å². The molecule has 1 heterocycles. The van der Waals surface area contributed by atoms with E-state index in [1.807, 2.05) is 0 Å². The highest BCUT2D eigenvalue weighted by Gasteiger charge is 2.31. The van der Waals surface area contributed by atoms with Gasteiger partial charge in [0, 0.05) is 23.5 Å². The Morgan fingerprint density at radius 2 is 1.56 bits per heavy atom. The summed E-state index contributed by atoms with van der Waals surface area (Å²) in [6, 6.07) is 15.9. The average molecular weight is 444 g/mol. The molecule has 0 saturated heterocycles. The van der Waals surface area contributed by atoms with Crippen molar-refractivity contribution in [3.63, 3.8) is 0 Å². The Hall–Kier alpha value is -4.41. The van der Waals surface area contributed by atoms with Gasteiger partial charge in [-0.3, -0.25) is 0 Å². The number of nitrogens with two attached hydrogens (primary N) is 1. The molecule has 0 aliphatic carbocycles. The number of amides is 2. The number of nitrogens with zero attached hydrogens (tertiary/aromatic N) is 1. The van der Waals surface area contributed by atoms with Gasteiger partial charge in [-0.2, -0.15) is 0 Å². The second kappa shape index (κ2) is 8.38. The second-order valence-electron chi connectivity index (χ2n) is 6.48. The summed E-state index contributed by atoms with van der Waals surface area (Å²) in [5.41, 5.74) is 6.79. The number of halogens is 3. The van der Waals surface area contributed by atoms with Gasteiger partial charge in [0.15, 0.2) is 11.4 Å². The van der Waals surface area contributed by atoms with E-state index in [4.69, 9.17) is 15.0 Å². The molecule has 0 radical (unpaired) electrons. The zero-order valence-electron chi connectivity index (χ0n) is 16.1. The Morgan fingerprint density at radius 1 is 0.938 bits per heavy atom. The van der Waals surface area contributed by atoms with Gasteiger partial charge in [-0.15, -0.1) is 13.2 Å². The number of hydrogen-bond donors (Lipinski definition) is 3. The fourth-order valence-corrected chi connectivity index (χ4v) is 2.90. The van der Waals surface area contributed by atoms with Crippen LogP contribution in [0.4, 0.5) is 35.2 Å². The third-order valence-corrected chi connectivity index (χ3v) is 4.13. The first kappa shape index (κ1) is 20.8. The van der Waals surface area contributed by atoms with E-state index in [0.29, 0.717) is 28.2 Å². The van der Waals surface area contributed by atoms with Crippen LogP contribution in [0.2, 0.25) is 0 Å². The first-order valence-corrected chi connectivity index (χ1v) is 9.12. The van der Waals surface area contributed by atoms with Crippen LogP contribution in [0.15, 0.2) is 71.3 Å². The fourth-order valence-electron chi connectivity index (χ4n) is 2.90. The quantitative estimate of drug-likeness (QED) is 0.362. The molecule has 4 N–H and O–H groups in total. The van der Waals surface area contributed by atoms with Crippen LogP contribution in [0.5, 0.6) is 17.2 Å². The molecule has 0 aliphatic heterocycles. The number of carbonyl (C=O) groups excluding carboxylic acids is 1. The highest BCUT2D eigenvalue weighted by atomic mass is 19.4. The van der Waals surface area contributed by atoms with E-state index in [0.717, 1.165) is 12.1 Å². The van der Waals surface area contributed by atoms with Gasteiger partial charge in [-0.1, -0.05) is 23.4 Å². The van der Waals surface area contributed by atoms with Crippen LogP contribution in [0.3, 0.4) is 0 Å². The number of alkyl halides is 3. The zero-order valence-corrected chi connectivity index (χ0v) is 16.1. The van der Waals surface area contributed by atoms with Crippen LogP contribution in [0.25, 0.3) is 11.0 Å². The molecule has 0 spiro atoms. The van der Waals surface area contributed by atoms with Gasteiger partial charge in [0.05, 0.1) is 0 Å². The van der Waals surface area contributed by atoms with Gasteiger partial charge in [-0.05, 0) is 36.4 Å². The van der Waals surface area contributed by atoms with Gasteiger partial charge in [0.1, 0.15) is 22.6 Å². The van der Waals surface area contributed by atoms with Crippen LogP contribution >= 0.6 is 0 Å². The summed E-state index contributed by atoms with van der Waals surface area (Å²) in [6.07, 6.45) is -4.83. The lowest BCUT2D eigenvalue weighted by Crippen LogP contribution is -2.20. The predicted octanol–water partition coefficient (Wildman–Crippen LogP) is 5.74. The number of nitrogen functional groups attached to an aromatic ring is 1. The lowest BCUT2D eigenvalue weighted by molar-refractivity contribution is -0.274. The minimum atomic E-state index is -4.83. The molecular formula is C21H15F3N4O4. The Morgan fingerprint density at radius 3 is 2.25 bits per heavy atom. The standard InChI is InChI=1S/C21H15F3N4O4/c22-21(23,24)31-15-7-2-5-13(11-15)27-20(29)26-12-4-1-6-14(10-12)30-16-8-3-9-17-18(16)19(25)28-32-17/h1-11H,(H2,25,28)(H2,26,27,29). The summed E-state index contributed by atoms with van der Waals surface area (Å²) >= 11 is 0. The van der Waals surface area contributed by atoms with Gasteiger partial charge in [0.25, 0.3) is 0 Å².